The molecule has 3 rings (SSSR count). The summed E-state index contributed by atoms with van der Waals surface area (Å²) in [5.41, 5.74) is 11.2. The van der Waals surface area contributed by atoms with Gasteiger partial charge in [0.05, 0.1) is 7.11 Å². The zero-order valence-electron chi connectivity index (χ0n) is 12.7. The van der Waals surface area contributed by atoms with Gasteiger partial charge in [0.2, 0.25) is 0 Å². The Kier molecular flexibility index (Phi) is 3.84. The van der Waals surface area contributed by atoms with E-state index >= 15 is 0 Å². The maximum absolute atomic E-state index is 6.23. The van der Waals surface area contributed by atoms with Crippen LogP contribution in [0.25, 0.3) is 0 Å². The van der Waals surface area contributed by atoms with Gasteiger partial charge in [0.25, 0.3) is 0 Å². The maximum Gasteiger partial charge on any atom is 0.123 e. The fourth-order valence-corrected chi connectivity index (χ4v) is 3.06. The molecule has 2 aromatic rings. The highest BCUT2D eigenvalue weighted by Crippen LogP contribution is 2.34. The van der Waals surface area contributed by atoms with Crippen LogP contribution in [0.1, 0.15) is 29.2 Å². The van der Waals surface area contributed by atoms with Gasteiger partial charge in [-0.15, -0.1) is 0 Å². The molecule has 0 bridgehead atoms. The third-order valence-electron chi connectivity index (χ3n) is 4.18. The van der Waals surface area contributed by atoms with Crippen molar-refractivity contribution in [2.24, 2.45) is 5.73 Å². The van der Waals surface area contributed by atoms with Gasteiger partial charge >= 0.3 is 0 Å². The molecule has 1 atom stereocenters. The standard InChI is InChI=1S/C18H22N2O/c1-13-7-8-18(21-2)14(11-13)12-20-10-9-16(19)15-5-3-4-6-17(15)20/h3-8,11,16H,9-10,12,19H2,1-2H3. The molecular formula is C18H22N2O. The summed E-state index contributed by atoms with van der Waals surface area (Å²) in [5.74, 6) is 0.952. The Balaban J connectivity index is 1.93. The third-order valence-corrected chi connectivity index (χ3v) is 4.18. The first-order valence-corrected chi connectivity index (χ1v) is 7.42. The van der Waals surface area contributed by atoms with Gasteiger partial charge in [-0.25, -0.2) is 0 Å². The Labute approximate surface area is 126 Å². The van der Waals surface area contributed by atoms with Crippen LogP contribution in [0, 0.1) is 6.92 Å². The minimum Gasteiger partial charge on any atom is -0.496 e. The zero-order valence-corrected chi connectivity index (χ0v) is 12.7. The largest absolute Gasteiger partial charge is 0.496 e. The number of benzene rings is 2. The van der Waals surface area contributed by atoms with Crippen molar-refractivity contribution in [2.45, 2.75) is 25.9 Å². The Morgan fingerprint density at radius 3 is 2.86 bits per heavy atom. The van der Waals surface area contributed by atoms with E-state index in [1.54, 1.807) is 7.11 Å². The van der Waals surface area contributed by atoms with E-state index in [1.807, 2.05) is 6.07 Å². The lowest BCUT2D eigenvalue weighted by Gasteiger charge is -2.34. The van der Waals surface area contributed by atoms with Gasteiger partial charge in [-0.05, 0) is 31.0 Å². The third kappa shape index (κ3) is 2.74. The molecule has 0 radical (unpaired) electrons. The van der Waals surface area contributed by atoms with Crippen molar-refractivity contribution in [1.82, 2.24) is 0 Å². The molecule has 1 aliphatic heterocycles. The summed E-state index contributed by atoms with van der Waals surface area (Å²) in [7, 11) is 1.73. The van der Waals surface area contributed by atoms with Gasteiger partial charge in [-0.3, -0.25) is 0 Å². The number of ether oxygens (including phenoxy) is 1. The van der Waals surface area contributed by atoms with E-state index in [-0.39, 0.29) is 6.04 Å². The average molecular weight is 282 g/mol. The second kappa shape index (κ2) is 5.78. The summed E-state index contributed by atoms with van der Waals surface area (Å²) in [6.07, 6.45) is 0.991. The van der Waals surface area contributed by atoms with Crippen LogP contribution in [0.5, 0.6) is 5.75 Å². The fourth-order valence-electron chi connectivity index (χ4n) is 3.06. The number of nitrogens with two attached hydrogens (primary N) is 1. The first-order chi connectivity index (χ1) is 10.2. The van der Waals surface area contributed by atoms with Crippen molar-refractivity contribution in [2.75, 3.05) is 18.6 Å². The van der Waals surface area contributed by atoms with Crippen LogP contribution in [-0.4, -0.2) is 13.7 Å². The predicted octanol–water partition coefficient (Wildman–Crippen LogP) is 3.41. The summed E-state index contributed by atoms with van der Waals surface area (Å²) in [6.45, 7) is 3.95. The van der Waals surface area contributed by atoms with Gasteiger partial charge in [0.1, 0.15) is 5.75 Å². The van der Waals surface area contributed by atoms with Gasteiger partial charge in [-0.2, -0.15) is 0 Å². The average Bonchev–Trinajstić information content (AvgIpc) is 2.51. The lowest BCUT2D eigenvalue weighted by Crippen LogP contribution is -2.33. The number of methoxy groups -OCH3 is 1. The second-order valence-corrected chi connectivity index (χ2v) is 5.69. The lowest BCUT2D eigenvalue weighted by molar-refractivity contribution is 0.408. The zero-order chi connectivity index (χ0) is 14.8. The van der Waals surface area contributed by atoms with Crippen molar-refractivity contribution < 1.29 is 4.74 Å². The number of hydrogen-bond acceptors (Lipinski definition) is 3. The van der Waals surface area contributed by atoms with Crippen LogP contribution in [-0.2, 0) is 6.54 Å². The molecule has 1 aliphatic rings. The minimum absolute atomic E-state index is 0.150. The first kappa shape index (κ1) is 14.0. The van der Waals surface area contributed by atoms with Gasteiger partial charge in [0.15, 0.2) is 0 Å². The van der Waals surface area contributed by atoms with Crippen molar-refractivity contribution in [3.8, 4) is 5.75 Å². The monoisotopic (exact) mass is 282 g/mol. The molecular weight excluding hydrogens is 260 g/mol. The van der Waals surface area contributed by atoms with Gasteiger partial charge in [-0.1, -0.05) is 35.9 Å². The molecule has 0 aromatic heterocycles. The van der Waals surface area contributed by atoms with Crippen LogP contribution in [0.4, 0.5) is 5.69 Å². The molecule has 0 saturated heterocycles. The molecule has 2 aromatic carbocycles. The smallest absolute Gasteiger partial charge is 0.123 e. The van der Waals surface area contributed by atoms with E-state index in [0.29, 0.717) is 0 Å². The van der Waals surface area contributed by atoms with Crippen LogP contribution >= 0.6 is 0 Å². The Bertz CT molecular complexity index is 639. The highest BCUT2D eigenvalue weighted by Gasteiger charge is 2.22. The number of anilines is 1. The van der Waals surface area contributed by atoms with Crippen LogP contribution in [0.3, 0.4) is 0 Å². The number of nitrogens with zero attached hydrogens (tertiary/aromatic N) is 1. The molecule has 110 valence electrons. The van der Waals surface area contributed by atoms with Crippen LogP contribution < -0.4 is 15.4 Å². The lowest BCUT2D eigenvalue weighted by atomic mass is 9.96. The van der Waals surface area contributed by atoms with Gasteiger partial charge < -0.3 is 15.4 Å². The summed E-state index contributed by atoms with van der Waals surface area (Å²) in [4.78, 5) is 2.40. The Hall–Kier alpha value is -2.00. The van der Waals surface area contributed by atoms with Crippen molar-refractivity contribution in [3.05, 3.63) is 59.2 Å². The normalized spacial score (nSPS) is 17.5. The molecule has 0 spiro atoms. The molecule has 21 heavy (non-hydrogen) atoms. The van der Waals surface area contributed by atoms with E-state index in [2.05, 4.69) is 48.2 Å². The molecule has 2 N–H and O–H groups in total. The predicted molar refractivity (Wildman–Crippen MR) is 86.8 cm³/mol. The fraction of sp³-hybridized carbons (Fsp3) is 0.333. The van der Waals surface area contributed by atoms with Crippen molar-refractivity contribution in [1.29, 1.82) is 0 Å². The second-order valence-electron chi connectivity index (χ2n) is 5.69. The number of para-hydroxylation sites is 1. The highest BCUT2D eigenvalue weighted by atomic mass is 16.5. The van der Waals surface area contributed by atoms with Gasteiger partial charge in [0, 0.05) is 30.4 Å². The molecule has 0 fully saturated rings. The molecule has 3 heteroatoms. The summed E-state index contributed by atoms with van der Waals surface area (Å²) in [5, 5.41) is 0. The molecule has 0 amide bonds. The van der Waals surface area contributed by atoms with E-state index < -0.39 is 0 Å². The maximum atomic E-state index is 6.23. The molecule has 0 saturated carbocycles. The van der Waals surface area contributed by atoms with E-state index in [9.17, 15) is 0 Å². The topological polar surface area (TPSA) is 38.5 Å². The number of rotatable bonds is 3. The Morgan fingerprint density at radius 1 is 1.24 bits per heavy atom. The van der Waals surface area contributed by atoms with E-state index in [1.165, 1.54) is 22.4 Å². The van der Waals surface area contributed by atoms with Crippen LogP contribution in [0.15, 0.2) is 42.5 Å². The Morgan fingerprint density at radius 2 is 2.05 bits per heavy atom. The SMILES string of the molecule is COc1ccc(C)cc1CN1CCC(N)c2ccccc21. The molecule has 0 aliphatic carbocycles. The quantitative estimate of drug-likeness (QED) is 0.937. The first-order valence-electron chi connectivity index (χ1n) is 7.42. The van der Waals surface area contributed by atoms with Crippen LogP contribution in [0.2, 0.25) is 0 Å². The molecule has 1 unspecified atom stereocenters. The number of aryl methyl sites for hydroxylation is 1. The molecule has 1 heterocycles. The number of fused-ring (bicyclic) bond motifs is 1. The summed E-state index contributed by atoms with van der Waals surface area (Å²) >= 11 is 0. The van der Waals surface area contributed by atoms with E-state index in [4.69, 9.17) is 10.5 Å². The molecule has 3 nitrogen and oxygen atoms in total. The highest BCUT2D eigenvalue weighted by molar-refractivity contribution is 5.57. The van der Waals surface area contributed by atoms with Crippen molar-refractivity contribution in [3.63, 3.8) is 0 Å². The minimum atomic E-state index is 0.150. The van der Waals surface area contributed by atoms with Crippen molar-refractivity contribution >= 4 is 5.69 Å². The number of hydrogen-bond donors (Lipinski definition) is 1. The van der Waals surface area contributed by atoms with E-state index in [0.717, 1.165) is 25.3 Å². The summed E-state index contributed by atoms with van der Waals surface area (Å²) in [6, 6.07) is 14.9. The summed E-state index contributed by atoms with van der Waals surface area (Å²) < 4.78 is 5.50.